The minimum atomic E-state index is -0.796. The zero-order valence-corrected chi connectivity index (χ0v) is 18.1. The number of Topliss-reactive ketones (excluding diaryl/α,β-unsaturated/α-hetero) is 1. The topological polar surface area (TPSA) is 79.7 Å². The molecule has 32 heavy (non-hydrogen) atoms. The summed E-state index contributed by atoms with van der Waals surface area (Å²) in [6.07, 6.45) is 3.23. The number of aromatic nitrogens is 1. The Morgan fingerprint density at radius 1 is 1.03 bits per heavy atom. The van der Waals surface area contributed by atoms with Gasteiger partial charge in [-0.3, -0.25) is 19.5 Å². The third kappa shape index (κ3) is 3.75. The summed E-state index contributed by atoms with van der Waals surface area (Å²) in [6.45, 7) is 4.18. The quantitative estimate of drug-likeness (QED) is 0.357. The van der Waals surface area contributed by atoms with Gasteiger partial charge in [-0.05, 0) is 59.5 Å². The van der Waals surface area contributed by atoms with Crippen molar-refractivity contribution in [2.24, 2.45) is 0 Å². The van der Waals surface area contributed by atoms with Gasteiger partial charge in [0.15, 0.2) is 0 Å². The highest BCUT2D eigenvalue weighted by molar-refractivity contribution is 6.51. The van der Waals surface area contributed by atoms with Crippen molar-refractivity contribution in [3.8, 4) is 5.75 Å². The van der Waals surface area contributed by atoms with E-state index in [0.717, 1.165) is 5.56 Å². The molecule has 4 rings (SSSR count). The molecular weight excluding hydrogens is 404 g/mol. The number of ketones is 1. The first kappa shape index (κ1) is 21.3. The van der Waals surface area contributed by atoms with Crippen LogP contribution in [0.4, 0.5) is 5.69 Å². The number of carbonyl (C=O) groups is 2. The number of nitrogens with zero attached hydrogens (tertiary/aromatic N) is 2. The molecule has 1 N–H and O–H groups in total. The normalized spacial score (nSPS) is 17.8. The minimum Gasteiger partial charge on any atom is -0.507 e. The second-order valence-electron chi connectivity index (χ2n) is 7.93. The number of carbonyl (C=O) groups excluding carboxylic acids is 2. The third-order valence-electron chi connectivity index (χ3n) is 5.65. The van der Waals surface area contributed by atoms with Crippen LogP contribution in [0.5, 0.6) is 5.75 Å². The largest absolute Gasteiger partial charge is 0.507 e. The molecule has 1 atom stereocenters. The van der Waals surface area contributed by atoms with E-state index < -0.39 is 17.7 Å². The predicted molar refractivity (Wildman–Crippen MR) is 123 cm³/mol. The standard InChI is InChI=1S/C26H24N2O4/c1-16(2)17-6-10-20(11-7-17)28-23(19-5-4-14-27-15-19)22(25(30)26(28)31)24(29)18-8-12-21(32-3)13-9-18/h4-16,23,29H,1-3H3/b24-22+. The van der Waals surface area contributed by atoms with E-state index in [1.54, 1.807) is 55.9 Å². The molecule has 0 saturated carbocycles. The smallest absolute Gasteiger partial charge is 0.300 e. The lowest BCUT2D eigenvalue weighted by Crippen LogP contribution is -2.29. The highest BCUT2D eigenvalue weighted by Gasteiger charge is 2.47. The second-order valence-corrected chi connectivity index (χ2v) is 7.93. The molecule has 162 valence electrons. The van der Waals surface area contributed by atoms with Gasteiger partial charge in [-0.25, -0.2) is 0 Å². The Morgan fingerprint density at radius 2 is 1.72 bits per heavy atom. The predicted octanol–water partition coefficient (Wildman–Crippen LogP) is 4.84. The van der Waals surface area contributed by atoms with Crippen molar-refractivity contribution < 1.29 is 19.4 Å². The number of pyridine rings is 1. The lowest BCUT2D eigenvalue weighted by Gasteiger charge is -2.25. The number of methoxy groups -OCH3 is 1. The summed E-state index contributed by atoms with van der Waals surface area (Å²) in [6, 6.07) is 17.0. The van der Waals surface area contributed by atoms with Crippen LogP contribution in [-0.4, -0.2) is 28.9 Å². The highest BCUT2D eigenvalue weighted by atomic mass is 16.5. The number of aliphatic hydroxyl groups excluding tert-OH is 1. The average Bonchev–Trinajstić information content (AvgIpc) is 3.09. The van der Waals surface area contributed by atoms with Crippen molar-refractivity contribution in [3.05, 3.63) is 95.3 Å². The van der Waals surface area contributed by atoms with Crippen molar-refractivity contribution >= 4 is 23.1 Å². The van der Waals surface area contributed by atoms with Gasteiger partial charge in [0, 0.05) is 23.6 Å². The fourth-order valence-corrected chi connectivity index (χ4v) is 3.88. The maximum Gasteiger partial charge on any atom is 0.300 e. The molecule has 2 heterocycles. The van der Waals surface area contributed by atoms with E-state index in [9.17, 15) is 14.7 Å². The first-order valence-corrected chi connectivity index (χ1v) is 10.4. The van der Waals surface area contributed by atoms with Crippen LogP contribution in [0.2, 0.25) is 0 Å². The molecule has 1 unspecified atom stereocenters. The van der Waals surface area contributed by atoms with E-state index >= 15 is 0 Å². The fourth-order valence-electron chi connectivity index (χ4n) is 3.88. The van der Waals surface area contributed by atoms with Crippen LogP contribution >= 0.6 is 0 Å². The van der Waals surface area contributed by atoms with Gasteiger partial charge in [0.25, 0.3) is 11.7 Å². The zero-order valence-electron chi connectivity index (χ0n) is 18.1. The molecule has 1 saturated heterocycles. The zero-order chi connectivity index (χ0) is 22.8. The van der Waals surface area contributed by atoms with Crippen molar-refractivity contribution in [2.45, 2.75) is 25.8 Å². The van der Waals surface area contributed by atoms with Crippen LogP contribution in [0.3, 0.4) is 0 Å². The SMILES string of the molecule is COc1ccc(/C(O)=C2\C(=O)C(=O)N(c3ccc(C(C)C)cc3)C2c2cccnc2)cc1. The summed E-state index contributed by atoms with van der Waals surface area (Å²) in [5, 5.41) is 11.1. The number of amides is 1. The Labute approximate surface area is 186 Å². The first-order chi connectivity index (χ1) is 15.4. The van der Waals surface area contributed by atoms with Crippen LogP contribution in [0.15, 0.2) is 78.6 Å². The summed E-state index contributed by atoms with van der Waals surface area (Å²) in [4.78, 5) is 31.9. The molecule has 2 aromatic carbocycles. The molecular formula is C26H24N2O4. The lowest BCUT2D eigenvalue weighted by molar-refractivity contribution is -0.132. The molecule has 6 heteroatoms. The van der Waals surface area contributed by atoms with Crippen LogP contribution in [0, 0.1) is 0 Å². The third-order valence-corrected chi connectivity index (χ3v) is 5.65. The van der Waals surface area contributed by atoms with Crippen molar-refractivity contribution in [3.63, 3.8) is 0 Å². The van der Waals surface area contributed by atoms with E-state index in [-0.39, 0.29) is 11.3 Å². The summed E-state index contributed by atoms with van der Waals surface area (Å²) in [5.74, 6) is -0.702. The summed E-state index contributed by atoms with van der Waals surface area (Å²) >= 11 is 0. The van der Waals surface area contributed by atoms with Crippen LogP contribution < -0.4 is 9.64 Å². The molecule has 3 aromatic rings. The number of rotatable bonds is 5. The van der Waals surface area contributed by atoms with Gasteiger partial charge in [-0.2, -0.15) is 0 Å². The van der Waals surface area contributed by atoms with Gasteiger partial charge < -0.3 is 9.84 Å². The van der Waals surface area contributed by atoms with E-state index in [1.165, 1.54) is 4.90 Å². The van der Waals surface area contributed by atoms with Gasteiger partial charge in [0.1, 0.15) is 11.5 Å². The second kappa shape index (κ2) is 8.67. The lowest BCUT2D eigenvalue weighted by atomic mass is 9.96. The number of benzene rings is 2. The molecule has 1 amide bonds. The molecule has 0 bridgehead atoms. The Balaban J connectivity index is 1.87. The Kier molecular flexibility index (Phi) is 5.77. The molecule has 0 spiro atoms. The summed E-state index contributed by atoms with van der Waals surface area (Å²) < 4.78 is 5.17. The van der Waals surface area contributed by atoms with Crippen LogP contribution in [0.1, 0.15) is 42.5 Å². The highest BCUT2D eigenvalue weighted by Crippen LogP contribution is 2.42. The van der Waals surface area contributed by atoms with Crippen molar-refractivity contribution in [1.82, 2.24) is 4.98 Å². The van der Waals surface area contributed by atoms with Crippen LogP contribution in [-0.2, 0) is 9.59 Å². The van der Waals surface area contributed by atoms with Crippen molar-refractivity contribution in [2.75, 3.05) is 12.0 Å². The molecule has 0 aliphatic carbocycles. The number of ether oxygens (including phenoxy) is 1. The van der Waals surface area contributed by atoms with E-state index in [4.69, 9.17) is 4.74 Å². The molecule has 1 aliphatic heterocycles. The Bertz CT molecular complexity index is 1170. The minimum absolute atomic E-state index is 0.0288. The number of hydrogen-bond donors (Lipinski definition) is 1. The van der Waals surface area contributed by atoms with Crippen LogP contribution in [0.25, 0.3) is 5.76 Å². The molecule has 1 aliphatic rings. The average molecular weight is 428 g/mol. The Morgan fingerprint density at radius 3 is 2.28 bits per heavy atom. The monoisotopic (exact) mass is 428 g/mol. The number of aliphatic hydroxyl groups is 1. The molecule has 0 radical (unpaired) electrons. The van der Waals surface area contributed by atoms with Gasteiger partial charge in [-0.15, -0.1) is 0 Å². The number of hydrogen-bond acceptors (Lipinski definition) is 5. The maximum absolute atomic E-state index is 13.1. The molecule has 6 nitrogen and oxygen atoms in total. The van der Waals surface area contributed by atoms with Gasteiger partial charge >= 0.3 is 0 Å². The van der Waals surface area contributed by atoms with E-state index in [2.05, 4.69) is 18.8 Å². The fraction of sp³-hybridized carbons (Fsp3) is 0.192. The molecule has 1 fully saturated rings. The van der Waals surface area contributed by atoms with Gasteiger partial charge in [0.2, 0.25) is 0 Å². The number of anilines is 1. The Hall–Kier alpha value is -3.93. The van der Waals surface area contributed by atoms with Gasteiger partial charge in [-0.1, -0.05) is 32.0 Å². The van der Waals surface area contributed by atoms with Crippen molar-refractivity contribution in [1.29, 1.82) is 0 Å². The van der Waals surface area contributed by atoms with E-state index in [1.807, 2.05) is 24.3 Å². The summed E-state index contributed by atoms with van der Waals surface area (Å²) in [7, 11) is 1.55. The molecule has 1 aromatic heterocycles. The van der Waals surface area contributed by atoms with E-state index in [0.29, 0.717) is 28.5 Å². The maximum atomic E-state index is 13.1. The summed E-state index contributed by atoms with van der Waals surface area (Å²) in [5.41, 5.74) is 2.80. The van der Waals surface area contributed by atoms with Gasteiger partial charge in [0.05, 0.1) is 18.7 Å². The first-order valence-electron chi connectivity index (χ1n) is 10.4.